The molecule has 2 heterocycles. The van der Waals surface area contributed by atoms with Crippen LogP contribution in [0.4, 0.5) is 5.82 Å². The van der Waals surface area contributed by atoms with Crippen LogP contribution in [0.25, 0.3) is 21.8 Å². The second-order valence-electron chi connectivity index (χ2n) is 7.32. The van der Waals surface area contributed by atoms with E-state index in [-0.39, 0.29) is 30.3 Å². The minimum Gasteiger partial charge on any atom is -0.480 e. The molecule has 4 rings (SSSR count). The number of ether oxygens (including phenoxy) is 1. The fourth-order valence-corrected chi connectivity index (χ4v) is 3.97. The number of esters is 1. The molecule has 0 fully saturated rings. The van der Waals surface area contributed by atoms with Crippen molar-refractivity contribution in [1.82, 2.24) is 9.97 Å². The van der Waals surface area contributed by atoms with Crippen molar-refractivity contribution in [2.75, 3.05) is 11.9 Å². The van der Waals surface area contributed by atoms with Gasteiger partial charge in [0.15, 0.2) is 0 Å². The van der Waals surface area contributed by atoms with Gasteiger partial charge in [0.25, 0.3) is 0 Å². The Bertz CT molecular complexity index is 1300. The van der Waals surface area contributed by atoms with Crippen molar-refractivity contribution in [3.8, 4) is 0 Å². The molecule has 1 atom stereocenters. The molecule has 0 saturated carbocycles. The van der Waals surface area contributed by atoms with Crippen LogP contribution in [0, 0.1) is 0 Å². The van der Waals surface area contributed by atoms with Crippen LogP contribution < -0.4 is 5.32 Å². The number of hydrogen-bond acceptors (Lipinski definition) is 5. The number of carbonyl (C=O) groups excluding carboxylic acids is 1. The first-order chi connectivity index (χ1) is 15.5. The van der Waals surface area contributed by atoms with Crippen LogP contribution in [-0.2, 0) is 21.8 Å². The van der Waals surface area contributed by atoms with Crippen molar-refractivity contribution >= 4 is 51.2 Å². The van der Waals surface area contributed by atoms with Crippen molar-refractivity contribution in [2.24, 2.45) is 0 Å². The number of carboxylic acids is 1. The predicted octanol–water partition coefficient (Wildman–Crippen LogP) is 4.74. The number of aromatic nitrogens is 2. The highest BCUT2D eigenvalue weighted by Crippen LogP contribution is 2.27. The molecule has 1 unspecified atom stereocenters. The van der Waals surface area contributed by atoms with Gasteiger partial charge in [-0.25, -0.2) is 14.6 Å². The number of benzene rings is 2. The van der Waals surface area contributed by atoms with Gasteiger partial charge in [-0.3, -0.25) is 0 Å². The summed E-state index contributed by atoms with van der Waals surface area (Å²) in [7, 11) is 0. The van der Waals surface area contributed by atoms with Gasteiger partial charge in [0.2, 0.25) is 0 Å². The average molecular weight is 452 g/mol. The van der Waals surface area contributed by atoms with Crippen LogP contribution in [0.5, 0.6) is 0 Å². The number of carbonyl (C=O) groups is 2. The van der Waals surface area contributed by atoms with Gasteiger partial charge in [0, 0.05) is 34.8 Å². The summed E-state index contributed by atoms with van der Waals surface area (Å²) in [5, 5.41) is 14.5. The third-order valence-electron chi connectivity index (χ3n) is 5.30. The first kappa shape index (κ1) is 21.6. The Labute approximate surface area is 189 Å². The zero-order valence-electron chi connectivity index (χ0n) is 17.4. The third-order valence-corrected chi connectivity index (χ3v) is 5.58. The summed E-state index contributed by atoms with van der Waals surface area (Å²) in [6.07, 6.45) is 2.00. The van der Waals surface area contributed by atoms with E-state index in [0.29, 0.717) is 5.52 Å². The predicted molar refractivity (Wildman–Crippen MR) is 124 cm³/mol. The average Bonchev–Trinajstić information content (AvgIpc) is 3.20. The lowest BCUT2D eigenvalue weighted by molar-refractivity contribution is -0.137. The topological polar surface area (TPSA) is 104 Å². The number of nitrogens with one attached hydrogen (secondary N) is 2. The highest BCUT2D eigenvalue weighted by molar-refractivity contribution is 6.18. The van der Waals surface area contributed by atoms with E-state index in [1.54, 1.807) is 25.3 Å². The smallest absolute Gasteiger partial charge is 0.341 e. The zero-order valence-corrected chi connectivity index (χ0v) is 18.1. The summed E-state index contributed by atoms with van der Waals surface area (Å²) in [6.45, 7) is 1.89. The molecule has 0 aliphatic heterocycles. The van der Waals surface area contributed by atoms with Crippen LogP contribution in [0.2, 0.25) is 0 Å². The van der Waals surface area contributed by atoms with E-state index in [4.69, 9.17) is 16.3 Å². The molecule has 0 bridgehead atoms. The number of rotatable bonds is 8. The van der Waals surface area contributed by atoms with Gasteiger partial charge >= 0.3 is 11.9 Å². The van der Waals surface area contributed by atoms with E-state index < -0.39 is 18.0 Å². The molecule has 0 spiro atoms. The number of hydrogen-bond donors (Lipinski definition) is 3. The van der Waals surface area contributed by atoms with Crippen molar-refractivity contribution in [1.29, 1.82) is 0 Å². The monoisotopic (exact) mass is 451 g/mol. The quantitative estimate of drug-likeness (QED) is 0.264. The number of H-pyrrole nitrogens is 1. The summed E-state index contributed by atoms with van der Waals surface area (Å²) >= 11 is 6.05. The second kappa shape index (κ2) is 9.28. The first-order valence-electron chi connectivity index (χ1n) is 10.2. The van der Waals surface area contributed by atoms with Gasteiger partial charge in [-0.15, -0.1) is 11.6 Å². The highest BCUT2D eigenvalue weighted by Gasteiger charge is 2.24. The van der Waals surface area contributed by atoms with E-state index in [1.165, 1.54) is 0 Å². The molecule has 2 aromatic carbocycles. The number of alkyl halides is 1. The molecule has 0 radical (unpaired) electrons. The number of anilines is 1. The molecule has 4 aromatic rings. The molecule has 0 saturated heterocycles. The van der Waals surface area contributed by atoms with Gasteiger partial charge in [0.05, 0.1) is 12.1 Å². The molecule has 164 valence electrons. The Kier molecular flexibility index (Phi) is 6.28. The van der Waals surface area contributed by atoms with E-state index in [2.05, 4.69) is 15.3 Å². The molecule has 3 N–H and O–H groups in total. The molecule has 0 aliphatic carbocycles. The number of aliphatic carboxylic acids is 1. The number of aromatic amines is 1. The Balaban J connectivity index is 1.75. The lowest BCUT2D eigenvalue weighted by Crippen LogP contribution is -2.32. The molecule has 2 aromatic heterocycles. The Morgan fingerprint density at radius 1 is 1.16 bits per heavy atom. The minimum absolute atomic E-state index is 0.162. The molecule has 32 heavy (non-hydrogen) atoms. The Morgan fingerprint density at radius 2 is 1.97 bits per heavy atom. The fourth-order valence-electron chi connectivity index (χ4n) is 3.73. The maximum atomic E-state index is 12.7. The molecular weight excluding hydrogens is 430 g/mol. The van der Waals surface area contributed by atoms with Gasteiger partial charge in [-0.05, 0) is 36.2 Å². The maximum absolute atomic E-state index is 12.7. The number of para-hydroxylation sites is 1. The second-order valence-corrected chi connectivity index (χ2v) is 7.59. The largest absolute Gasteiger partial charge is 0.480 e. The number of halogens is 1. The number of nitrogens with zero attached hydrogens (tertiary/aromatic N) is 1. The van der Waals surface area contributed by atoms with Gasteiger partial charge in [0.1, 0.15) is 17.4 Å². The van der Waals surface area contributed by atoms with Gasteiger partial charge in [-0.2, -0.15) is 0 Å². The molecule has 0 amide bonds. The normalized spacial score (nSPS) is 12.1. The van der Waals surface area contributed by atoms with E-state index in [0.717, 1.165) is 27.4 Å². The lowest BCUT2D eigenvalue weighted by atomic mass is 10.0. The van der Waals surface area contributed by atoms with Gasteiger partial charge < -0.3 is 20.1 Å². The van der Waals surface area contributed by atoms with E-state index in [1.807, 2.05) is 36.4 Å². The zero-order chi connectivity index (χ0) is 22.7. The van der Waals surface area contributed by atoms with Crippen molar-refractivity contribution in [2.45, 2.75) is 25.3 Å². The maximum Gasteiger partial charge on any atom is 0.341 e. The molecule has 8 heteroatoms. The van der Waals surface area contributed by atoms with Crippen LogP contribution in [0.15, 0.2) is 54.7 Å². The summed E-state index contributed by atoms with van der Waals surface area (Å²) in [5.74, 6) is -1.21. The van der Waals surface area contributed by atoms with Crippen LogP contribution >= 0.6 is 11.6 Å². The van der Waals surface area contributed by atoms with Crippen LogP contribution in [-0.4, -0.2) is 39.7 Å². The van der Waals surface area contributed by atoms with Crippen molar-refractivity contribution < 1.29 is 19.4 Å². The molecule has 0 aliphatic rings. The van der Waals surface area contributed by atoms with Crippen molar-refractivity contribution in [3.05, 3.63) is 71.4 Å². The minimum atomic E-state index is -1.05. The summed E-state index contributed by atoms with van der Waals surface area (Å²) in [6, 6.07) is 13.8. The molecule has 7 nitrogen and oxygen atoms in total. The van der Waals surface area contributed by atoms with Crippen LogP contribution in [0.3, 0.4) is 0 Å². The van der Waals surface area contributed by atoms with Gasteiger partial charge in [-0.1, -0.05) is 30.3 Å². The SMILES string of the molecule is CCOC(=O)c1cc2c(CCl)cccc2nc1NC(Cc1c[nH]c2ccccc12)C(=O)O. The summed E-state index contributed by atoms with van der Waals surface area (Å²) in [4.78, 5) is 32.5. The summed E-state index contributed by atoms with van der Waals surface area (Å²) < 4.78 is 5.19. The fraction of sp³-hybridized carbons (Fsp3) is 0.208. The molecular formula is C24H22ClN3O4. The van der Waals surface area contributed by atoms with Crippen LogP contribution in [0.1, 0.15) is 28.4 Å². The Hall–Kier alpha value is -3.58. The van der Waals surface area contributed by atoms with Crippen molar-refractivity contribution in [3.63, 3.8) is 0 Å². The Morgan fingerprint density at radius 3 is 2.72 bits per heavy atom. The third kappa shape index (κ3) is 4.24. The van der Waals surface area contributed by atoms with E-state index >= 15 is 0 Å². The number of pyridine rings is 1. The number of fused-ring (bicyclic) bond motifs is 2. The summed E-state index contributed by atoms with van der Waals surface area (Å²) in [5.41, 5.74) is 3.37. The lowest BCUT2D eigenvalue weighted by Gasteiger charge is -2.18. The highest BCUT2D eigenvalue weighted by atomic mass is 35.5. The van der Waals surface area contributed by atoms with E-state index in [9.17, 15) is 14.7 Å². The standard InChI is InChI=1S/C24H22ClN3O4/c1-2-32-24(31)18-11-17-14(12-25)6-5-9-20(17)27-22(18)28-21(23(29)30)10-15-13-26-19-8-4-3-7-16(15)19/h3-9,11,13,21,26H,2,10,12H2,1H3,(H,27,28)(H,29,30). The first-order valence-corrected chi connectivity index (χ1v) is 10.7. The number of carboxylic acid groups (broad SMARTS) is 1.